The third-order valence-electron chi connectivity index (χ3n) is 9.46. The number of amides is 1. The molecular formula is C34H41Cl2F5N4O4Si. The number of carbonyl (C=O) groups excluding carboxylic acids is 2. The van der Waals surface area contributed by atoms with Gasteiger partial charge in [0.25, 0.3) is 5.91 Å². The van der Waals surface area contributed by atoms with Gasteiger partial charge in [0.1, 0.15) is 11.6 Å². The van der Waals surface area contributed by atoms with E-state index in [0.717, 1.165) is 27.9 Å². The van der Waals surface area contributed by atoms with Crippen LogP contribution in [0.25, 0.3) is 0 Å². The number of hydrogen-bond acceptors (Lipinski definition) is 6. The van der Waals surface area contributed by atoms with Crippen molar-refractivity contribution in [1.29, 1.82) is 0 Å². The van der Waals surface area contributed by atoms with Crippen molar-refractivity contribution >= 4 is 43.4 Å². The van der Waals surface area contributed by atoms with Crippen molar-refractivity contribution in [2.75, 3.05) is 13.2 Å². The van der Waals surface area contributed by atoms with E-state index in [1.807, 2.05) is 20.8 Å². The molecule has 0 saturated heterocycles. The average Bonchev–Trinajstić information content (AvgIpc) is 3.52. The molecule has 3 aromatic rings. The van der Waals surface area contributed by atoms with Crippen LogP contribution in [-0.4, -0.2) is 53.0 Å². The standard InChI is InChI=1S/C34H41Cl2F5N4O4Si/c1-5-48-33(47)22-9-11-25(12-10-22)45-31(34(39,40)41)26(16-43-45)32(46)44(19-21-13-23(37)15-24(38)14-21)20-29(49-50(6-2,7-3)8-4)30-27(35)17-42-18-28(30)36/h13-18,22,25,29H,5-12,19-20H2,1-4H3. The second-order valence-electron chi connectivity index (χ2n) is 12.4. The number of pyridine rings is 1. The van der Waals surface area contributed by atoms with Crippen LogP contribution in [0.5, 0.6) is 0 Å². The lowest BCUT2D eigenvalue weighted by molar-refractivity contribution is -0.151. The van der Waals surface area contributed by atoms with Crippen LogP contribution in [0, 0.1) is 17.6 Å². The van der Waals surface area contributed by atoms with Gasteiger partial charge in [0, 0.05) is 30.6 Å². The Hall–Kier alpha value is -3.07. The summed E-state index contributed by atoms with van der Waals surface area (Å²) in [7, 11) is -2.50. The molecule has 50 heavy (non-hydrogen) atoms. The summed E-state index contributed by atoms with van der Waals surface area (Å²) < 4.78 is 86.1. The second-order valence-corrected chi connectivity index (χ2v) is 18.0. The molecule has 8 nitrogen and oxygen atoms in total. The van der Waals surface area contributed by atoms with Crippen LogP contribution in [-0.2, 0) is 26.7 Å². The third kappa shape index (κ3) is 9.23. The number of halogens is 7. The van der Waals surface area contributed by atoms with Crippen molar-refractivity contribution in [1.82, 2.24) is 19.7 Å². The van der Waals surface area contributed by atoms with Crippen LogP contribution in [0.15, 0.2) is 36.8 Å². The number of benzene rings is 1. The Kier molecular flexibility index (Phi) is 13.5. The molecule has 1 unspecified atom stereocenters. The summed E-state index contributed by atoms with van der Waals surface area (Å²) in [6.07, 6.45) is -1.44. The van der Waals surface area contributed by atoms with Crippen molar-refractivity contribution in [2.45, 2.75) is 96.4 Å². The quantitative estimate of drug-likeness (QED) is 0.0924. The summed E-state index contributed by atoms with van der Waals surface area (Å²) in [5, 5.41) is 4.30. The van der Waals surface area contributed by atoms with E-state index in [9.17, 15) is 31.5 Å². The minimum absolute atomic E-state index is 0.00439. The summed E-state index contributed by atoms with van der Waals surface area (Å²) >= 11 is 13.2. The Morgan fingerprint density at radius 3 is 2.06 bits per heavy atom. The topological polar surface area (TPSA) is 86.6 Å². The molecule has 0 N–H and O–H groups in total. The molecular weight excluding hydrogens is 722 g/mol. The molecule has 0 spiro atoms. The van der Waals surface area contributed by atoms with E-state index in [0.29, 0.717) is 42.6 Å². The van der Waals surface area contributed by atoms with E-state index in [-0.39, 0.29) is 41.6 Å². The van der Waals surface area contributed by atoms with Gasteiger partial charge in [-0.25, -0.2) is 8.78 Å². The van der Waals surface area contributed by atoms with Crippen molar-refractivity contribution in [3.05, 3.63) is 80.9 Å². The number of hydrogen-bond donors (Lipinski definition) is 0. The molecule has 1 fully saturated rings. The first-order chi connectivity index (χ1) is 23.7. The monoisotopic (exact) mass is 762 g/mol. The van der Waals surface area contributed by atoms with Gasteiger partial charge in [0.05, 0.1) is 53.0 Å². The Bertz CT molecular complexity index is 1600. The fraction of sp³-hybridized carbons (Fsp3) is 0.529. The van der Waals surface area contributed by atoms with Crippen molar-refractivity contribution in [3.8, 4) is 0 Å². The first-order valence-electron chi connectivity index (χ1n) is 16.7. The summed E-state index contributed by atoms with van der Waals surface area (Å²) in [6.45, 7) is 6.99. The fourth-order valence-electron chi connectivity index (χ4n) is 6.62. The molecule has 1 amide bonds. The molecule has 0 bridgehead atoms. The van der Waals surface area contributed by atoms with Gasteiger partial charge in [-0.2, -0.15) is 18.3 Å². The lowest BCUT2D eigenvalue weighted by atomic mass is 9.86. The SMILES string of the molecule is CCOC(=O)C1CCC(n2ncc(C(=O)N(Cc3cc(F)cc(F)c3)CC(O[Si](CC)(CC)CC)c3c(Cl)cncc3Cl)c2C(F)(F)F)CC1. The molecule has 16 heteroatoms. The molecule has 2 heterocycles. The lowest BCUT2D eigenvalue weighted by Gasteiger charge is -2.37. The van der Waals surface area contributed by atoms with Crippen LogP contribution in [0.3, 0.4) is 0 Å². The van der Waals surface area contributed by atoms with Gasteiger partial charge in [-0.1, -0.05) is 44.0 Å². The second kappa shape index (κ2) is 17.0. The molecule has 1 aromatic carbocycles. The fourth-order valence-corrected chi connectivity index (χ4v) is 10.0. The maximum atomic E-state index is 14.9. The minimum atomic E-state index is -5.00. The largest absolute Gasteiger partial charge is 0.466 e. The van der Waals surface area contributed by atoms with Crippen molar-refractivity contribution in [2.24, 2.45) is 5.92 Å². The Labute approximate surface area is 299 Å². The highest BCUT2D eigenvalue weighted by molar-refractivity contribution is 6.73. The highest BCUT2D eigenvalue weighted by Gasteiger charge is 2.44. The lowest BCUT2D eigenvalue weighted by Crippen LogP contribution is -2.42. The third-order valence-corrected chi connectivity index (χ3v) is 14.7. The normalized spacial score (nSPS) is 17.4. The van der Waals surface area contributed by atoms with E-state index in [4.69, 9.17) is 32.4 Å². The maximum absolute atomic E-state index is 14.9. The molecule has 1 saturated carbocycles. The Balaban J connectivity index is 1.80. The molecule has 1 aliphatic rings. The zero-order valence-corrected chi connectivity index (χ0v) is 30.8. The van der Waals surface area contributed by atoms with Gasteiger partial charge in [0.15, 0.2) is 14.0 Å². The number of nitrogens with zero attached hydrogens (tertiary/aromatic N) is 4. The number of ether oxygens (including phenoxy) is 1. The highest BCUT2D eigenvalue weighted by atomic mass is 35.5. The van der Waals surface area contributed by atoms with Gasteiger partial charge >= 0.3 is 12.1 Å². The van der Waals surface area contributed by atoms with Crippen LogP contribution >= 0.6 is 23.2 Å². The summed E-state index contributed by atoms with van der Waals surface area (Å²) in [6, 6.07) is 3.98. The number of alkyl halides is 3. The number of aromatic nitrogens is 3. The van der Waals surface area contributed by atoms with Crippen molar-refractivity contribution < 1.29 is 40.7 Å². The number of carbonyl (C=O) groups is 2. The van der Waals surface area contributed by atoms with Gasteiger partial charge in [0.2, 0.25) is 0 Å². The summed E-state index contributed by atoms with van der Waals surface area (Å²) in [4.78, 5) is 31.7. The summed E-state index contributed by atoms with van der Waals surface area (Å²) in [5.41, 5.74) is -1.69. The number of esters is 1. The molecule has 1 atom stereocenters. The smallest absolute Gasteiger partial charge is 0.433 e. The predicted molar refractivity (Wildman–Crippen MR) is 181 cm³/mol. The van der Waals surface area contributed by atoms with Gasteiger partial charge in [-0.3, -0.25) is 19.3 Å². The van der Waals surface area contributed by atoms with Gasteiger partial charge in [-0.05, 0) is 68.4 Å². The maximum Gasteiger partial charge on any atom is 0.433 e. The first kappa shape index (κ1) is 39.7. The average molecular weight is 764 g/mol. The van der Waals surface area contributed by atoms with E-state index in [1.165, 1.54) is 12.4 Å². The molecule has 0 aliphatic heterocycles. The minimum Gasteiger partial charge on any atom is -0.466 e. The molecule has 2 aromatic heterocycles. The molecule has 274 valence electrons. The predicted octanol–water partition coefficient (Wildman–Crippen LogP) is 9.58. The van der Waals surface area contributed by atoms with E-state index >= 15 is 0 Å². The molecule has 0 radical (unpaired) electrons. The van der Waals surface area contributed by atoms with Gasteiger partial charge in [-0.15, -0.1) is 0 Å². The molecule has 1 aliphatic carbocycles. The van der Waals surface area contributed by atoms with Crippen LogP contribution in [0.4, 0.5) is 22.0 Å². The molecule has 4 rings (SSSR count). The number of rotatable bonds is 14. The highest BCUT2D eigenvalue weighted by Crippen LogP contribution is 2.41. The Morgan fingerprint density at radius 2 is 1.54 bits per heavy atom. The first-order valence-corrected chi connectivity index (χ1v) is 20.0. The van der Waals surface area contributed by atoms with Gasteiger partial charge < -0.3 is 14.1 Å². The van der Waals surface area contributed by atoms with Crippen LogP contribution < -0.4 is 0 Å². The van der Waals surface area contributed by atoms with E-state index in [1.54, 1.807) is 6.92 Å². The Morgan fingerprint density at radius 1 is 0.960 bits per heavy atom. The van der Waals surface area contributed by atoms with E-state index < -0.39 is 73.9 Å². The zero-order chi connectivity index (χ0) is 36.8. The summed E-state index contributed by atoms with van der Waals surface area (Å²) in [5.74, 6) is -3.75. The van der Waals surface area contributed by atoms with Crippen LogP contribution in [0.2, 0.25) is 28.2 Å². The van der Waals surface area contributed by atoms with Crippen LogP contribution in [0.1, 0.15) is 92.7 Å². The van der Waals surface area contributed by atoms with Crippen molar-refractivity contribution in [3.63, 3.8) is 0 Å². The van der Waals surface area contributed by atoms with E-state index in [2.05, 4.69) is 10.1 Å². The zero-order valence-electron chi connectivity index (χ0n) is 28.3.